The van der Waals surface area contributed by atoms with E-state index in [0.717, 1.165) is 24.0 Å². The Labute approximate surface area is 154 Å². The van der Waals surface area contributed by atoms with Crippen molar-refractivity contribution in [1.82, 2.24) is 4.98 Å². The SMILES string of the molecule is CCC[C@H](CC(=O)CC(=O)CCc1ccc(O)c(OC)c1)c1cc[n-]c1. The molecular formula is C21H26NO4-. The fraction of sp³-hybridized carbons (Fsp3) is 0.429. The number of Topliss-reactive ketones (excluding diaryl/α,β-unsaturated/α-hetero) is 2. The summed E-state index contributed by atoms with van der Waals surface area (Å²) >= 11 is 0. The number of ketones is 2. The topological polar surface area (TPSA) is 77.7 Å². The number of aryl methyl sites for hydroxylation is 1. The van der Waals surface area contributed by atoms with Gasteiger partial charge in [-0.25, -0.2) is 0 Å². The van der Waals surface area contributed by atoms with Gasteiger partial charge in [0.25, 0.3) is 0 Å². The molecule has 5 heteroatoms. The number of carbonyl (C=O) groups is 2. The number of methoxy groups -OCH3 is 1. The maximum Gasteiger partial charge on any atom is 0.160 e. The number of hydrogen-bond donors (Lipinski definition) is 1. The maximum absolute atomic E-state index is 12.3. The third kappa shape index (κ3) is 5.76. The van der Waals surface area contributed by atoms with Crippen LogP contribution in [0.5, 0.6) is 11.5 Å². The van der Waals surface area contributed by atoms with E-state index in [1.54, 1.807) is 30.6 Å². The molecule has 1 atom stereocenters. The molecule has 2 aromatic rings. The van der Waals surface area contributed by atoms with E-state index in [0.29, 0.717) is 25.0 Å². The maximum atomic E-state index is 12.3. The lowest BCUT2D eigenvalue weighted by Crippen LogP contribution is -2.12. The Bertz CT molecular complexity index is 722. The highest BCUT2D eigenvalue weighted by Crippen LogP contribution is 2.27. The number of hydrogen-bond acceptors (Lipinski definition) is 4. The Morgan fingerprint density at radius 3 is 2.69 bits per heavy atom. The first-order valence-electron chi connectivity index (χ1n) is 8.99. The van der Waals surface area contributed by atoms with Gasteiger partial charge in [0.2, 0.25) is 0 Å². The number of nitrogens with zero attached hydrogens (tertiary/aromatic N) is 1. The normalized spacial score (nSPS) is 11.9. The minimum atomic E-state index is -0.0575. The number of rotatable bonds is 11. The van der Waals surface area contributed by atoms with Crippen molar-refractivity contribution in [3.05, 3.63) is 47.8 Å². The molecule has 140 valence electrons. The molecule has 1 heterocycles. The van der Waals surface area contributed by atoms with Crippen LogP contribution in [0.15, 0.2) is 36.7 Å². The van der Waals surface area contributed by atoms with Crippen LogP contribution in [-0.4, -0.2) is 23.8 Å². The molecule has 26 heavy (non-hydrogen) atoms. The number of carbonyl (C=O) groups excluding carboxylic acids is 2. The Hall–Kier alpha value is -2.56. The van der Waals surface area contributed by atoms with Gasteiger partial charge in [0, 0.05) is 12.8 Å². The van der Waals surface area contributed by atoms with Crippen molar-refractivity contribution in [2.24, 2.45) is 0 Å². The molecule has 0 amide bonds. The first-order chi connectivity index (χ1) is 12.5. The van der Waals surface area contributed by atoms with Crippen LogP contribution in [0.3, 0.4) is 0 Å². The van der Waals surface area contributed by atoms with Gasteiger partial charge >= 0.3 is 0 Å². The predicted octanol–water partition coefficient (Wildman–Crippen LogP) is 3.79. The molecule has 0 spiro atoms. The lowest BCUT2D eigenvalue weighted by Gasteiger charge is -2.15. The summed E-state index contributed by atoms with van der Waals surface area (Å²) in [4.78, 5) is 28.5. The number of phenols is 1. The summed E-state index contributed by atoms with van der Waals surface area (Å²) in [5.74, 6) is 0.526. The first-order valence-corrected chi connectivity index (χ1v) is 8.99. The molecule has 1 aromatic heterocycles. The van der Waals surface area contributed by atoms with E-state index in [9.17, 15) is 14.7 Å². The van der Waals surface area contributed by atoms with Crippen molar-refractivity contribution in [3.63, 3.8) is 0 Å². The zero-order chi connectivity index (χ0) is 18.9. The fourth-order valence-corrected chi connectivity index (χ4v) is 3.09. The van der Waals surface area contributed by atoms with Crippen molar-refractivity contribution in [2.45, 2.75) is 51.4 Å². The van der Waals surface area contributed by atoms with Crippen LogP contribution in [-0.2, 0) is 16.0 Å². The van der Waals surface area contributed by atoms with E-state index >= 15 is 0 Å². The average Bonchev–Trinajstić information content (AvgIpc) is 3.15. The second-order valence-corrected chi connectivity index (χ2v) is 6.54. The first kappa shape index (κ1) is 19.8. The minimum Gasteiger partial charge on any atom is -0.670 e. The zero-order valence-corrected chi connectivity index (χ0v) is 15.4. The summed E-state index contributed by atoms with van der Waals surface area (Å²) in [5, 5.41) is 9.60. The van der Waals surface area contributed by atoms with Crippen LogP contribution >= 0.6 is 0 Å². The van der Waals surface area contributed by atoms with E-state index < -0.39 is 0 Å². The summed E-state index contributed by atoms with van der Waals surface area (Å²) in [6.45, 7) is 2.09. The predicted molar refractivity (Wildman–Crippen MR) is 99.6 cm³/mol. The molecule has 1 N–H and O–H groups in total. The molecule has 0 fully saturated rings. The van der Waals surface area contributed by atoms with Crippen LogP contribution in [0.1, 0.15) is 56.1 Å². The lowest BCUT2D eigenvalue weighted by molar-refractivity contribution is -0.127. The molecule has 5 nitrogen and oxygen atoms in total. The number of ether oxygens (including phenoxy) is 1. The van der Waals surface area contributed by atoms with E-state index in [-0.39, 0.29) is 29.7 Å². The minimum absolute atomic E-state index is 0.0158. The van der Waals surface area contributed by atoms with Gasteiger partial charge in [-0.05, 0) is 36.5 Å². The van der Waals surface area contributed by atoms with Gasteiger partial charge in [-0.3, -0.25) is 9.59 Å². The number of phenolic OH excluding ortho intramolecular Hbond substituents is 1. The van der Waals surface area contributed by atoms with Crippen LogP contribution in [0.4, 0.5) is 0 Å². The van der Waals surface area contributed by atoms with E-state index in [1.165, 1.54) is 7.11 Å². The van der Waals surface area contributed by atoms with Gasteiger partial charge in [-0.2, -0.15) is 12.4 Å². The monoisotopic (exact) mass is 356 g/mol. The average molecular weight is 356 g/mol. The van der Waals surface area contributed by atoms with Crippen LogP contribution < -0.4 is 9.72 Å². The van der Waals surface area contributed by atoms with E-state index in [4.69, 9.17) is 4.74 Å². The number of aromatic hydroxyl groups is 1. The Morgan fingerprint density at radius 1 is 1.23 bits per heavy atom. The molecule has 0 aliphatic rings. The Balaban J connectivity index is 1.84. The quantitative estimate of drug-likeness (QED) is 0.620. The van der Waals surface area contributed by atoms with Gasteiger partial charge in [0.15, 0.2) is 11.5 Å². The molecule has 2 rings (SSSR count). The molecule has 1 aromatic carbocycles. The highest BCUT2D eigenvalue weighted by Gasteiger charge is 2.17. The standard InChI is InChI=1S/C21H26NO4/c1-3-4-16(17-9-10-22-14-17)12-19(24)13-18(23)7-5-15-6-8-20(25)21(11-15)26-2/h6,8-11,14,16,25H,3-5,7,12-13H2,1-2H3/q-1/t16-/m1/s1. The van der Waals surface area contributed by atoms with Gasteiger partial charge in [0.05, 0.1) is 13.5 Å². The highest BCUT2D eigenvalue weighted by atomic mass is 16.5. The molecule has 0 aliphatic carbocycles. The molecule has 0 saturated carbocycles. The second-order valence-electron chi connectivity index (χ2n) is 6.54. The van der Waals surface area contributed by atoms with Gasteiger partial charge in [-0.15, -0.1) is 0 Å². The van der Waals surface area contributed by atoms with E-state index in [2.05, 4.69) is 11.9 Å². The molecule has 0 aliphatic heterocycles. The van der Waals surface area contributed by atoms with Gasteiger partial charge in [-0.1, -0.05) is 31.0 Å². The fourth-order valence-electron chi connectivity index (χ4n) is 3.09. The smallest absolute Gasteiger partial charge is 0.160 e. The van der Waals surface area contributed by atoms with Crippen molar-refractivity contribution in [1.29, 1.82) is 0 Å². The highest BCUT2D eigenvalue weighted by molar-refractivity contribution is 5.99. The van der Waals surface area contributed by atoms with Crippen molar-refractivity contribution >= 4 is 11.6 Å². The largest absolute Gasteiger partial charge is 0.670 e. The second kappa shape index (κ2) is 9.80. The zero-order valence-electron chi connectivity index (χ0n) is 15.4. The van der Waals surface area contributed by atoms with Crippen LogP contribution in [0.2, 0.25) is 0 Å². The third-order valence-electron chi connectivity index (χ3n) is 4.49. The molecule has 0 radical (unpaired) electrons. The Morgan fingerprint density at radius 2 is 2.04 bits per heavy atom. The van der Waals surface area contributed by atoms with Gasteiger partial charge in [0.1, 0.15) is 11.6 Å². The summed E-state index contributed by atoms with van der Waals surface area (Å²) in [6.07, 6.45) is 6.62. The van der Waals surface area contributed by atoms with Crippen LogP contribution in [0.25, 0.3) is 0 Å². The molecule has 0 bridgehead atoms. The van der Waals surface area contributed by atoms with Crippen molar-refractivity contribution < 1.29 is 19.4 Å². The van der Waals surface area contributed by atoms with E-state index in [1.807, 2.05) is 6.07 Å². The van der Waals surface area contributed by atoms with Crippen molar-refractivity contribution in [3.8, 4) is 11.5 Å². The summed E-state index contributed by atoms with van der Waals surface area (Å²) in [6, 6.07) is 6.96. The molecule has 0 unspecified atom stereocenters. The third-order valence-corrected chi connectivity index (χ3v) is 4.49. The summed E-state index contributed by atoms with van der Waals surface area (Å²) in [5.41, 5.74) is 1.97. The number of benzene rings is 1. The summed E-state index contributed by atoms with van der Waals surface area (Å²) < 4.78 is 5.06. The molecule has 0 saturated heterocycles. The van der Waals surface area contributed by atoms with Crippen molar-refractivity contribution in [2.75, 3.05) is 7.11 Å². The molecular weight excluding hydrogens is 330 g/mol. The number of aromatic nitrogens is 1. The van der Waals surface area contributed by atoms with Crippen LogP contribution in [0, 0.1) is 0 Å². The lowest BCUT2D eigenvalue weighted by atomic mass is 9.90. The van der Waals surface area contributed by atoms with Gasteiger partial charge < -0.3 is 14.8 Å². The Kier molecular flexibility index (Phi) is 7.45. The summed E-state index contributed by atoms with van der Waals surface area (Å²) in [7, 11) is 1.48.